The number of aromatic nitrogens is 4. The molecule has 7 N–H and O–H groups in total. The number of guanidine groups is 1. The predicted octanol–water partition coefficient (Wildman–Crippen LogP) is 5.01. The molecule has 3 aromatic rings. The van der Waals surface area contributed by atoms with E-state index >= 15 is 0 Å². The molecular weight excluding hydrogens is 660 g/mol. The van der Waals surface area contributed by atoms with E-state index in [0.717, 1.165) is 56.4 Å². The fraction of sp³-hybridized carbons (Fsp3) is 0.385. The lowest BCUT2D eigenvalue weighted by atomic mass is 9.84. The summed E-state index contributed by atoms with van der Waals surface area (Å²) < 4.78 is 10.2. The Morgan fingerprint density at radius 1 is 0.962 bits per heavy atom. The highest BCUT2D eigenvalue weighted by molar-refractivity contribution is 6.27. The highest BCUT2D eigenvalue weighted by atomic mass is 16.5. The van der Waals surface area contributed by atoms with Crippen LogP contribution in [0.3, 0.4) is 0 Å². The molecule has 13 nitrogen and oxygen atoms in total. The molecule has 0 radical (unpaired) electrons. The summed E-state index contributed by atoms with van der Waals surface area (Å²) >= 11 is 0. The molecule has 274 valence electrons. The van der Waals surface area contributed by atoms with Crippen LogP contribution in [0.25, 0.3) is 39.3 Å². The number of nitrogens with two attached hydrogens (primary N) is 2. The van der Waals surface area contributed by atoms with Gasteiger partial charge >= 0.3 is 11.9 Å². The first-order valence-corrected chi connectivity index (χ1v) is 17.4. The van der Waals surface area contributed by atoms with E-state index in [2.05, 4.69) is 46.8 Å². The SMILES string of the molecule is C=Cc1c(C)c2cc3nc(c(CC(=O)OC)c4nc(cc5[nH]c(cc1[nH]2)c(C)c5CC)C(C)=C4C(=O)NCCN=C(N)N)[C@@H](CCC(=O)OC)[C@@H]3C. The molecular formula is C39H48N8O5. The number of hydrogen-bond acceptors (Lipinski definition) is 8. The third-order valence-corrected chi connectivity index (χ3v) is 10.1. The average Bonchev–Trinajstić information content (AvgIpc) is 3.80. The van der Waals surface area contributed by atoms with Crippen LogP contribution < -0.4 is 16.8 Å². The fourth-order valence-electron chi connectivity index (χ4n) is 7.15. The molecule has 0 saturated carbocycles. The van der Waals surface area contributed by atoms with Crippen molar-refractivity contribution in [3.63, 3.8) is 0 Å². The lowest BCUT2D eigenvalue weighted by molar-refractivity contribution is -0.141. The second-order valence-corrected chi connectivity index (χ2v) is 13.1. The van der Waals surface area contributed by atoms with E-state index in [9.17, 15) is 14.4 Å². The van der Waals surface area contributed by atoms with Crippen molar-refractivity contribution in [1.29, 1.82) is 0 Å². The van der Waals surface area contributed by atoms with Gasteiger partial charge in [0.1, 0.15) is 0 Å². The molecule has 0 aromatic carbocycles. The first-order valence-electron chi connectivity index (χ1n) is 17.4. The number of fused-ring (bicyclic) bond motifs is 8. The molecule has 5 heterocycles. The Morgan fingerprint density at radius 2 is 1.65 bits per heavy atom. The molecule has 0 saturated heterocycles. The van der Waals surface area contributed by atoms with Crippen molar-refractivity contribution < 1.29 is 23.9 Å². The van der Waals surface area contributed by atoms with Gasteiger partial charge in [-0.3, -0.25) is 24.4 Å². The summed E-state index contributed by atoms with van der Waals surface area (Å²) in [5.74, 6) is -1.87. The molecule has 2 atom stereocenters. The van der Waals surface area contributed by atoms with Gasteiger partial charge in [0.2, 0.25) is 0 Å². The van der Waals surface area contributed by atoms with Gasteiger partial charge in [-0.1, -0.05) is 26.5 Å². The van der Waals surface area contributed by atoms with E-state index in [1.807, 2.05) is 39.0 Å². The smallest absolute Gasteiger partial charge is 0.310 e. The van der Waals surface area contributed by atoms with Crippen LogP contribution in [0, 0.1) is 13.8 Å². The Labute approximate surface area is 303 Å². The Hall–Kier alpha value is -5.72. The molecule has 0 unspecified atom stereocenters. The van der Waals surface area contributed by atoms with E-state index in [4.69, 9.17) is 30.9 Å². The molecule has 2 aliphatic heterocycles. The number of esters is 2. The van der Waals surface area contributed by atoms with Gasteiger partial charge in [0.15, 0.2) is 5.96 Å². The summed E-state index contributed by atoms with van der Waals surface area (Å²) in [5.41, 5.74) is 22.2. The zero-order valence-corrected chi connectivity index (χ0v) is 31.0. The third kappa shape index (κ3) is 7.34. The zero-order chi connectivity index (χ0) is 37.9. The van der Waals surface area contributed by atoms with Crippen LogP contribution in [0.15, 0.2) is 29.8 Å². The Morgan fingerprint density at radius 3 is 2.31 bits per heavy atom. The standard InChI is InChI=1S/C39H48N8O5/c1-9-23-19(3)27-16-29-21(5)25(11-12-33(48)51-7)36(46-29)26(15-34(49)52-8)37-35(38(50)42-13-14-43-39(40)41)22(6)30(47-37)18-32-24(10-2)20(4)28(45-32)17-31(23)44-27/h9,16-18,21,25,44-45H,1,10-15H2,2-8H3,(H,42,50)(H4,40,41,43)/t21-,25-/m0/s1. The summed E-state index contributed by atoms with van der Waals surface area (Å²) in [6.45, 7) is 14.5. The molecule has 0 aliphatic carbocycles. The zero-order valence-electron chi connectivity index (χ0n) is 31.0. The monoisotopic (exact) mass is 708 g/mol. The molecule has 0 fully saturated rings. The maximum Gasteiger partial charge on any atom is 0.310 e. The number of amides is 1. The maximum atomic E-state index is 14.1. The summed E-state index contributed by atoms with van der Waals surface area (Å²) in [4.78, 5) is 61.2. The van der Waals surface area contributed by atoms with Gasteiger partial charge in [-0.05, 0) is 74.1 Å². The van der Waals surface area contributed by atoms with Crippen molar-refractivity contribution in [2.75, 3.05) is 27.3 Å². The van der Waals surface area contributed by atoms with Gasteiger partial charge in [-0.25, -0.2) is 4.98 Å². The lowest BCUT2D eigenvalue weighted by Gasteiger charge is -2.18. The largest absolute Gasteiger partial charge is 0.469 e. The van der Waals surface area contributed by atoms with Crippen molar-refractivity contribution in [3.8, 4) is 0 Å². The van der Waals surface area contributed by atoms with Crippen molar-refractivity contribution in [3.05, 3.63) is 75.4 Å². The minimum Gasteiger partial charge on any atom is -0.469 e. The number of rotatable bonds is 11. The number of methoxy groups -OCH3 is 2. The van der Waals surface area contributed by atoms with Gasteiger partial charge in [0.05, 0.1) is 49.8 Å². The van der Waals surface area contributed by atoms with Crippen LogP contribution in [-0.4, -0.2) is 71.1 Å². The van der Waals surface area contributed by atoms with E-state index in [1.54, 1.807) is 0 Å². The van der Waals surface area contributed by atoms with Crippen molar-refractivity contribution in [2.45, 2.75) is 72.1 Å². The molecule has 2 aliphatic rings. The summed E-state index contributed by atoms with van der Waals surface area (Å²) in [6, 6.07) is 6.04. The molecule has 8 bridgehead atoms. The first-order chi connectivity index (χ1) is 24.8. The lowest BCUT2D eigenvalue weighted by Crippen LogP contribution is -2.29. The Balaban J connectivity index is 1.95. The van der Waals surface area contributed by atoms with Crippen LogP contribution in [0.1, 0.15) is 96.0 Å². The van der Waals surface area contributed by atoms with E-state index in [-0.39, 0.29) is 49.7 Å². The quantitative estimate of drug-likeness (QED) is 0.0785. The van der Waals surface area contributed by atoms with E-state index in [1.165, 1.54) is 14.2 Å². The van der Waals surface area contributed by atoms with Gasteiger partial charge in [0.25, 0.3) is 5.91 Å². The van der Waals surface area contributed by atoms with Gasteiger partial charge in [0, 0.05) is 63.7 Å². The highest BCUT2D eigenvalue weighted by Crippen LogP contribution is 2.44. The fourth-order valence-corrected chi connectivity index (χ4v) is 7.15. The second kappa shape index (κ2) is 15.7. The second-order valence-electron chi connectivity index (χ2n) is 13.1. The predicted molar refractivity (Wildman–Crippen MR) is 204 cm³/mol. The summed E-state index contributed by atoms with van der Waals surface area (Å²) in [7, 11) is 2.67. The number of nitrogens with zero attached hydrogens (tertiary/aromatic N) is 3. The van der Waals surface area contributed by atoms with Crippen molar-refractivity contribution in [1.82, 2.24) is 25.3 Å². The summed E-state index contributed by atoms with van der Waals surface area (Å²) in [6.07, 6.45) is 2.90. The number of carbonyl (C=O) groups is 3. The van der Waals surface area contributed by atoms with Crippen LogP contribution in [-0.2, 0) is 36.7 Å². The van der Waals surface area contributed by atoms with Crippen LogP contribution in [0.5, 0.6) is 0 Å². The minimum absolute atomic E-state index is 0.0816. The molecule has 0 spiro atoms. The third-order valence-electron chi connectivity index (χ3n) is 10.1. The van der Waals surface area contributed by atoms with Gasteiger partial charge in [-0.15, -0.1) is 0 Å². The van der Waals surface area contributed by atoms with E-state index < -0.39 is 11.9 Å². The van der Waals surface area contributed by atoms with Crippen LogP contribution >= 0.6 is 0 Å². The van der Waals surface area contributed by atoms with Gasteiger partial charge < -0.3 is 36.2 Å². The molecule has 52 heavy (non-hydrogen) atoms. The average molecular weight is 709 g/mol. The number of ether oxygens (including phenoxy) is 2. The normalized spacial score (nSPS) is 15.3. The van der Waals surface area contributed by atoms with Crippen LogP contribution in [0.2, 0.25) is 0 Å². The van der Waals surface area contributed by atoms with E-state index in [0.29, 0.717) is 40.2 Å². The minimum atomic E-state index is -0.525. The molecule has 1 amide bonds. The topological polar surface area (TPSA) is 203 Å². The number of allylic oxidation sites excluding steroid dienone is 1. The van der Waals surface area contributed by atoms with Crippen LogP contribution in [0.4, 0.5) is 0 Å². The van der Waals surface area contributed by atoms with Crippen molar-refractivity contribution in [2.24, 2.45) is 16.5 Å². The number of nitrogens with one attached hydrogen (secondary N) is 3. The molecule has 5 rings (SSSR count). The Kier molecular flexibility index (Phi) is 11.3. The summed E-state index contributed by atoms with van der Waals surface area (Å²) in [5, 5.41) is 2.91. The van der Waals surface area contributed by atoms with Crippen molar-refractivity contribution >= 4 is 63.1 Å². The Bertz CT molecular complexity index is 2170. The number of hydrogen-bond donors (Lipinski definition) is 5. The van der Waals surface area contributed by atoms with Gasteiger partial charge in [-0.2, -0.15) is 0 Å². The number of aromatic amines is 2. The number of aryl methyl sites for hydroxylation is 3. The number of aliphatic imine (C=N–C) groups is 1. The number of H-pyrrole nitrogens is 2. The molecule has 3 aromatic heterocycles. The maximum absolute atomic E-state index is 14.1. The first kappa shape index (κ1) is 37.5. The number of carbonyl (C=O) groups excluding carboxylic acids is 3. The highest BCUT2D eigenvalue weighted by Gasteiger charge is 2.35. The molecule has 13 heteroatoms.